The van der Waals surface area contributed by atoms with E-state index in [0.717, 1.165) is 0 Å². The molecule has 1 saturated heterocycles. The number of benzene rings is 1. The van der Waals surface area contributed by atoms with Gasteiger partial charge < -0.3 is 20.3 Å². The normalized spacial score (nSPS) is 26.4. The largest absolute Gasteiger partial charge is 0.394 e. The number of nitro benzene ring substituents is 1. The number of anilines is 1. The Morgan fingerprint density at radius 1 is 1.58 bits per heavy atom. The van der Waals surface area contributed by atoms with Crippen molar-refractivity contribution in [1.82, 2.24) is 0 Å². The molecule has 0 aliphatic carbocycles. The summed E-state index contributed by atoms with van der Waals surface area (Å²) in [6.07, 6.45) is -1.48. The zero-order valence-electron chi connectivity index (χ0n) is 10.4. The van der Waals surface area contributed by atoms with Crippen LogP contribution in [0.3, 0.4) is 0 Å². The highest BCUT2D eigenvalue weighted by Crippen LogP contribution is 2.26. The molecule has 3 N–H and O–H groups in total. The summed E-state index contributed by atoms with van der Waals surface area (Å²) in [7, 11) is 0. The fourth-order valence-corrected chi connectivity index (χ4v) is 2.07. The minimum Gasteiger partial charge on any atom is -0.394 e. The molecule has 19 heavy (non-hydrogen) atoms. The van der Waals surface area contributed by atoms with Crippen LogP contribution in [0.25, 0.3) is 0 Å². The number of nitrogens with zero attached hydrogens (tertiary/aromatic N) is 1. The van der Waals surface area contributed by atoms with Gasteiger partial charge in [0.1, 0.15) is 12.3 Å². The van der Waals surface area contributed by atoms with E-state index in [4.69, 9.17) is 9.84 Å². The number of hydrogen-bond donors (Lipinski definition) is 3. The first kappa shape index (κ1) is 13.7. The van der Waals surface area contributed by atoms with Gasteiger partial charge in [0.15, 0.2) is 0 Å². The Bertz CT molecular complexity index is 479. The molecule has 7 nitrogen and oxygen atoms in total. The van der Waals surface area contributed by atoms with Crippen LogP contribution in [0.1, 0.15) is 12.0 Å². The Labute approximate surface area is 110 Å². The van der Waals surface area contributed by atoms with Crippen LogP contribution in [0.4, 0.5) is 11.4 Å². The van der Waals surface area contributed by atoms with Crippen LogP contribution in [-0.4, -0.2) is 40.2 Å². The lowest BCUT2D eigenvalue weighted by molar-refractivity contribution is -0.385. The van der Waals surface area contributed by atoms with Crippen molar-refractivity contribution in [2.45, 2.75) is 31.8 Å². The van der Waals surface area contributed by atoms with Gasteiger partial charge in [-0.25, -0.2) is 0 Å². The van der Waals surface area contributed by atoms with Crippen LogP contribution < -0.4 is 5.32 Å². The molecular formula is C12H16N2O5. The van der Waals surface area contributed by atoms with Crippen molar-refractivity contribution in [3.63, 3.8) is 0 Å². The minimum atomic E-state index is -0.733. The number of hydrogen-bond acceptors (Lipinski definition) is 6. The maximum Gasteiger partial charge on any atom is 0.274 e. The average Bonchev–Trinajstić information content (AvgIpc) is 2.71. The lowest BCUT2D eigenvalue weighted by Gasteiger charge is -2.15. The molecule has 0 bridgehead atoms. The summed E-state index contributed by atoms with van der Waals surface area (Å²) < 4.78 is 5.38. The summed E-state index contributed by atoms with van der Waals surface area (Å²) in [6, 6.07) is 4.79. The van der Waals surface area contributed by atoms with Crippen LogP contribution in [0.2, 0.25) is 0 Å². The monoisotopic (exact) mass is 268 g/mol. The summed E-state index contributed by atoms with van der Waals surface area (Å²) in [6.45, 7) is 1.41. The maximum absolute atomic E-state index is 10.8. The molecule has 0 unspecified atom stereocenters. The van der Waals surface area contributed by atoms with Crippen molar-refractivity contribution in [3.05, 3.63) is 33.9 Å². The third-order valence-corrected chi connectivity index (χ3v) is 3.14. The number of aliphatic hydroxyl groups excluding tert-OH is 2. The molecule has 1 aliphatic heterocycles. The van der Waals surface area contributed by atoms with Gasteiger partial charge in [-0.2, -0.15) is 0 Å². The van der Waals surface area contributed by atoms with Crippen LogP contribution in [0, 0.1) is 17.0 Å². The highest BCUT2D eigenvalue weighted by Gasteiger charge is 2.33. The molecular weight excluding hydrogens is 252 g/mol. The van der Waals surface area contributed by atoms with Gasteiger partial charge in [-0.1, -0.05) is 6.07 Å². The van der Waals surface area contributed by atoms with E-state index in [2.05, 4.69) is 5.32 Å². The number of rotatable bonds is 4. The van der Waals surface area contributed by atoms with Crippen molar-refractivity contribution in [2.24, 2.45) is 0 Å². The second kappa shape index (κ2) is 5.52. The predicted molar refractivity (Wildman–Crippen MR) is 67.8 cm³/mol. The summed E-state index contributed by atoms with van der Waals surface area (Å²) in [4.78, 5) is 10.4. The van der Waals surface area contributed by atoms with Crippen molar-refractivity contribution in [1.29, 1.82) is 0 Å². The highest BCUT2D eigenvalue weighted by atomic mass is 16.6. The number of nitrogens with one attached hydrogen (secondary N) is 1. The second-order valence-corrected chi connectivity index (χ2v) is 4.55. The molecule has 1 aromatic carbocycles. The average molecular weight is 268 g/mol. The van der Waals surface area contributed by atoms with Crippen LogP contribution in [0.15, 0.2) is 18.2 Å². The zero-order chi connectivity index (χ0) is 14.0. The second-order valence-electron chi connectivity index (χ2n) is 4.55. The maximum atomic E-state index is 10.8. The molecule has 0 radical (unpaired) electrons. The number of ether oxygens (including phenoxy) is 1. The fourth-order valence-electron chi connectivity index (χ4n) is 2.07. The van der Waals surface area contributed by atoms with E-state index in [1.54, 1.807) is 19.1 Å². The SMILES string of the molecule is Cc1ccc(N[C@H]2C[C@@H](O)[C@@H](CO)O2)cc1[N+](=O)[O-]. The number of nitro groups is 1. The van der Waals surface area contributed by atoms with Crippen LogP contribution in [-0.2, 0) is 4.74 Å². The molecule has 0 amide bonds. The number of aryl methyl sites for hydroxylation is 1. The van der Waals surface area contributed by atoms with Gasteiger partial charge in [-0.3, -0.25) is 10.1 Å². The van der Waals surface area contributed by atoms with Gasteiger partial charge in [0, 0.05) is 23.7 Å². The Balaban J connectivity index is 2.08. The summed E-state index contributed by atoms with van der Waals surface area (Å²) in [5.74, 6) is 0. The topological polar surface area (TPSA) is 105 Å². The minimum absolute atomic E-state index is 0.0299. The van der Waals surface area contributed by atoms with Crippen molar-refractivity contribution >= 4 is 11.4 Å². The molecule has 7 heteroatoms. The Morgan fingerprint density at radius 2 is 2.32 bits per heavy atom. The lowest BCUT2D eigenvalue weighted by Crippen LogP contribution is -2.25. The molecule has 3 atom stereocenters. The van der Waals surface area contributed by atoms with Crippen LogP contribution in [0.5, 0.6) is 0 Å². The van der Waals surface area contributed by atoms with Crippen molar-refractivity contribution < 1.29 is 19.9 Å². The van der Waals surface area contributed by atoms with E-state index in [1.807, 2.05) is 0 Å². The molecule has 0 saturated carbocycles. The van der Waals surface area contributed by atoms with E-state index in [0.29, 0.717) is 17.7 Å². The van der Waals surface area contributed by atoms with Gasteiger partial charge in [-0.15, -0.1) is 0 Å². The third-order valence-electron chi connectivity index (χ3n) is 3.14. The molecule has 0 spiro atoms. The molecule has 1 heterocycles. The van der Waals surface area contributed by atoms with E-state index >= 15 is 0 Å². The molecule has 1 aliphatic rings. The molecule has 104 valence electrons. The lowest BCUT2D eigenvalue weighted by atomic mass is 10.1. The van der Waals surface area contributed by atoms with Gasteiger partial charge in [0.05, 0.1) is 17.6 Å². The van der Waals surface area contributed by atoms with Gasteiger partial charge in [-0.05, 0) is 13.0 Å². The Hall–Kier alpha value is -1.70. The predicted octanol–water partition coefficient (Wildman–Crippen LogP) is 0.783. The zero-order valence-corrected chi connectivity index (χ0v) is 10.4. The van der Waals surface area contributed by atoms with E-state index in [-0.39, 0.29) is 12.3 Å². The quantitative estimate of drug-likeness (QED) is 0.550. The van der Waals surface area contributed by atoms with Crippen LogP contribution >= 0.6 is 0 Å². The molecule has 0 aromatic heterocycles. The molecule has 1 aromatic rings. The first-order chi connectivity index (χ1) is 9.01. The Kier molecular flexibility index (Phi) is 3.98. The van der Waals surface area contributed by atoms with Crippen molar-refractivity contribution in [3.8, 4) is 0 Å². The van der Waals surface area contributed by atoms with E-state index in [9.17, 15) is 15.2 Å². The first-order valence-corrected chi connectivity index (χ1v) is 5.97. The summed E-state index contributed by atoms with van der Waals surface area (Å²) >= 11 is 0. The van der Waals surface area contributed by atoms with E-state index in [1.165, 1.54) is 6.07 Å². The highest BCUT2D eigenvalue weighted by molar-refractivity contribution is 5.55. The van der Waals surface area contributed by atoms with Crippen molar-refractivity contribution in [2.75, 3.05) is 11.9 Å². The third kappa shape index (κ3) is 3.01. The van der Waals surface area contributed by atoms with Gasteiger partial charge in [0.2, 0.25) is 0 Å². The standard InChI is InChI=1S/C12H16N2O5/c1-7-2-3-8(4-9(7)14(17)18)13-12-5-10(16)11(6-15)19-12/h2-4,10-13,15-16H,5-6H2,1H3/t10-,11-,12-/m1/s1. The molecule has 1 fully saturated rings. The first-order valence-electron chi connectivity index (χ1n) is 5.97. The smallest absolute Gasteiger partial charge is 0.274 e. The van der Waals surface area contributed by atoms with E-state index < -0.39 is 23.4 Å². The summed E-state index contributed by atoms with van der Waals surface area (Å²) in [5, 5.41) is 32.4. The van der Waals surface area contributed by atoms with Gasteiger partial charge >= 0.3 is 0 Å². The van der Waals surface area contributed by atoms with Gasteiger partial charge in [0.25, 0.3) is 5.69 Å². The number of aliphatic hydroxyl groups is 2. The summed E-state index contributed by atoms with van der Waals surface area (Å²) in [5.41, 5.74) is 1.16. The fraction of sp³-hybridized carbons (Fsp3) is 0.500. The Morgan fingerprint density at radius 3 is 2.89 bits per heavy atom. The molecule has 2 rings (SSSR count).